The molecule has 3 amide bonds. The molecule has 6 aliphatic rings. The van der Waals surface area contributed by atoms with E-state index in [0.29, 0.717) is 69.8 Å². The zero-order valence-corrected chi connectivity index (χ0v) is 58.1. The van der Waals surface area contributed by atoms with Gasteiger partial charge in [-0.3, -0.25) is 28.5 Å². The first kappa shape index (κ1) is 66.4. The Labute approximate surface area is 578 Å². The van der Waals surface area contributed by atoms with Gasteiger partial charge >= 0.3 is 0 Å². The molecule has 498 valence electrons. The molecule has 96 heavy (non-hydrogen) atoms. The van der Waals surface area contributed by atoms with Crippen molar-refractivity contribution >= 4 is 155 Å². The molecule has 0 aliphatic carbocycles. The number of aryl methyl sites for hydroxylation is 4. The molecule has 0 bridgehead atoms. The van der Waals surface area contributed by atoms with Gasteiger partial charge in [-0.1, -0.05) is 41.4 Å². The summed E-state index contributed by atoms with van der Waals surface area (Å²) in [5.41, 5.74) is 10.3. The maximum absolute atomic E-state index is 13.4. The van der Waals surface area contributed by atoms with Crippen LogP contribution in [0, 0.1) is 6.92 Å². The van der Waals surface area contributed by atoms with Crippen LogP contribution >= 0.6 is 57.4 Å². The van der Waals surface area contributed by atoms with E-state index in [-0.39, 0.29) is 55.7 Å². The second-order valence-electron chi connectivity index (χ2n) is 23.6. The lowest BCUT2D eigenvalue weighted by Crippen LogP contribution is -2.44. The van der Waals surface area contributed by atoms with Crippen molar-refractivity contribution in [1.29, 1.82) is 0 Å². The molecule has 15 rings (SSSR count). The minimum atomic E-state index is -3.77. The van der Waals surface area contributed by atoms with E-state index in [4.69, 9.17) is 23.2 Å². The van der Waals surface area contributed by atoms with Crippen LogP contribution in [0.4, 0.5) is 49.5 Å². The predicted molar refractivity (Wildman–Crippen MR) is 379 cm³/mol. The highest BCUT2D eigenvalue weighted by atomic mass is 35.5. The van der Waals surface area contributed by atoms with Crippen molar-refractivity contribution < 1.29 is 39.6 Å². The average Bonchev–Trinajstić information content (AvgIpc) is 1.57. The first-order valence-electron chi connectivity index (χ1n) is 31.1. The Morgan fingerprint density at radius 3 is 1.25 bits per heavy atom. The lowest BCUT2D eigenvalue weighted by molar-refractivity contribution is -0.119. The normalized spacial score (nSPS) is 18.7. The number of aromatic nitrogens is 4. The number of halogens is 2. The summed E-state index contributed by atoms with van der Waals surface area (Å²) in [4.78, 5) is 63.9. The van der Waals surface area contributed by atoms with E-state index in [0.717, 1.165) is 87.5 Å². The highest BCUT2D eigenvalue weighted by Gasteiger charge is 2.42. The lowest BCUT2D eigenvalue weighted by atomic mass is 9.96. The van der Waals surface area contributed by atoms with Crippen molar-refractivity contribution in [2.45, 2.75) is 97.5 Å². The molecule has 3 aromatic heterocycles. The molecule has 0 saturated carbocycles. The van der Waals surface area contributed by atoms with Crippen LogP contribution in [-0.4, -0.2) is 120 Å². The summed E-state index contributed by atoms with van der Waals surface area (Å²) >= 11 is 15.7. The summed E-state index contributed by atoms with van der Waals surface area (Å²) in [6, 6.07) is 36.6. The van der Waals surface area contributed by atoms with Gasteiger partial charge in [0.1, 0.15) is 24.5 Å². The van der Waals surface area contributed by atoms with Crippen molar-refractivity contribution in [1.82, 2.24) is 19.3 Å². The number of carbonyl (C=O) groups excluding carboxylic acids is 3. The van der Waals surface area contributed by atoms with Gasteiger partial charge in [-0.15, -0.1) is 22.7 Å². The van der Waals surface area contributed by atoms with Gasteiger partial charge in [0.25, 0.3) is 30.1 Å². The second-order valence-corrected chi connectivity index (χ2v) is 32.1. The van der Waals surface area contributed by atoms with Gasteiger partial charge in [0.05, 0.1) is 14.7 Å². The molecule has 9 heterocycles. The summed E-state index contributed by atoms with van der Waals surface area (Å²) in [5, 5.41) is 5.67. The topological polar surface area (TPSA) is 261 Å². The number of benzene rings is 6. The minimum Gasteiger partial charge on any atom is -0.359 e. The first-order chi connectivity index (χ1) is 46.3. The summed E-state index contributed by atoms with van der Waals surface area (Å²) in [7, 11) is -11.2. The maximum Gasteiger partial charge on any atom is 0.263 e. The Balaban J connectivity index is 0.000000130. The molecule has 30 heteroatoms. The van der Waals surface area contributed by atoms with Gasteiger partial charge in [-0.05, 0) is 196 Å². The van der Waals surface area contributed by atoms with Crippen LogP contribution in [0.1, 0.15) is 60.8 Å². The average molecular weight is 1450 g/mol. The van der Waals surface area contributed by atoms with E-state index in [1.165, 1.54) is 99.5 Å². The van der Waals surface area contributed by atoms with Crippen molar-refractivity contribution in [2.75, 3.05) is 82.8 Å². The number of amides is 3. The predicted octanol–water partition coefficient (Wildman–Crippen LogP) is 11.5. The Morgan fingerprint density at radius 2 is 0.854 bits per heavy atom. The molecular formula is C66H65Cl2N13O9S6. The van der Waals surface area contributed by atoms with E-state index >= 15 is 0 Å². The number of fused-ring (bicyclic) bond motifs is 3. The van der Waals surface area contributed by atoms with Crippen molar-refractivity contribution in [3.8, 4) is 0 Å². The van der Waals surface area contributed by atoms with E-state index < -0.39 is 30.1 Å². The largest absolute Gasteiger partial charge is 0.359 e. The first-order valence-corrected chi connectivity index (χ1v) is 38.9. The number of hydrogen-bond donors (Lipinski definition) is 3. The molecule has 3 saturated heterocycles. The fourth-order valence-electron chi connectivity index (χ4n) is 13.4. The molecule has 0 unspecified atom stereocenters. The van der Waals surface area contributed by atoms with E-state index in [1.807, 2.05) is 36.4 Å². The van der Waals surface area contributed by atoms with E-state index in [2.05, 4.69) is 73.3 Å². The van der Waals surface area contributed by atoms with Crippen LogP contribution in [0.3, 0.4) is 0 Å². The van der Waals surface area contributed by atoms with Gasteiger partial charge in [0.15, 0.2) is 10.3 Å². The third kappa shape index (κ3) is 14.1. The fourth-order valence-corrected chi connectivity index (χ4v) is 19.0. The molecule has 6 aromatic carbocycles. The van der Waals surface area contributed by atoms with E-state index in [1.54, 1.807) is 68.1 Å². The van der Waals surface area contributed by atoms with Gasteiger partial charge in [-0.2, -0.15) is 4.37 Å². The van der Waals surface area contributed by atoms with Crippen LogP contribution < -0.4 is 43.6 Å². The third-order valence-corrected chi connectivity index (χ3v) is 24.7. The number of anilines is 9. The molecule has 3 fully saturated rings. The molecule has 3 atom stereocenters. The van der Waals surface area contributed by atoms with Crippen LogP contribution in [0.2, 0.25) is 10.0 Å². The SMILES string of the molecule is Cc1cccc2c1N([C@H]1CCN(c3ccc(S(=O)(=O)Nc4nccs4)cc3)C1=O)CCC2.O=C1[C@@H](N2CCCc3cc(Cl)ccc32)CCN1c1ccc(S(=O)(=O)Nc2ncns2)cc1.O=C1[C@H](N2CCCc3cc(Cl)ccc32)CCN1c1ccc(S(=O)(=O)Nc2nccs2)cc1. The number of carbonyl (C=O) groups is 3. The molecule has 22 nitrogen and oxygen atoms in total. The minimum absolute atomic E-state index is 0.0235. The van der Waals surface area contributed by atoms with Crippen molar-refractivity contribution in [2.24, 2.45) is 0 Å². The monoisotopic (exact) mass is 1450 g/mol. The summed E-state index contributed by atoms with van der Waals surface area (Å²) in [6.45, 7) is 6.43. The van der Waals surface area contributed by atoms with E-state index in [9.17, 15) is 39.6 Å². The quantitative estimate of drug-likeness (QED) is 0.0861. The number of nitrogens with one attached hydrogen (secondary N) is 3. The Hall–Kier alpha value is -8.22. The number of hydrogen-bond acceptors (Lipinski definition) is 19. The summed E-state index contributed by atoms with van der Waals surface area (Å²) < 4.78 is 86.4. The van der Waals surface area contributed by atoms with Crippen LogP contribution in [0.25, 0.3) is 0 Å². The summed E-state index contributed by atoms with van der Waals surface area (Å²) in [6.07, 6.45) is 12.5. The molecule has 3 N–H and O–H groups in total. The Morgan fingerprint density at radius 1 is 0.458 bits per heavy atom. The number of para-hydroxylation sites is 1. The Kier molecular flexibility index (Phi) is 19.4. The molecular weight excluding hydrogens is 1380 g/mol. The van der Waals surface area contributed by atoms with Gasteiger partial charge < -0.3 is 29.4 Å². The van der Waals surface area contributed by atoms with Crippen LogP contribution in [0.5, 0.6) is 0 Å². The van der Waals surface area contributed by atoms with Crippen molar-refractivity contribution in [3.63, 3.8) is 0 Å². The van der Waals surface area contributed by atoms with Gasteiger partial charge in [0.2, 0.25) is 22.9 Å². The third-order valence-electron chi connectivity index (χ3n) is 17.8. The highest BCUT2D eigenvalue weighted by Crippen LogP contribution is 2.39. The lowest BCUT2D eigenvalue weighted by Gasteiger charge is -2.36. The zero-order chi connectivity index (χ0) is 66.9. The standard InChI is InChI=1S/C23H24N4O3S2.C22H21ClN4O3S2.C21H20ClN5O3S2/c1-16-4-2-5-17-6-3-13-27(21(16)17)20-11-14-26(22(20)28)18-7-9-19(10-8-18)32(29,30)25-23-24-12-15-31-23;23-16-3-8-19-15(14-16)2-1-11-27(19)20-9-12-26(21(20)28)17-4-6-18(7-5-17)32(29,30)25-22-24-10-13-31-22;22-15-3-8-18-14(12-15)2-1-10-27(18)19-9-11-26(20(19)28)16-4-6-17(7-5-16)32(29,30)25-21-23-13-24-31-21/h2,4-5,7-10,12,15,20H,3,6,11,13-14H2,1H3,(H,24,25);3-8,10,13-14,20H,1-2,9,11-12H2,(H,24,25);3-8,12-13,19H,1-2,9-11H2,(H,23,24,25)/t2*20-;19-/m010/s1. The number of thiazole rings is 2. The molecule has 9 aromatic rings. The zero-order valence-electron chi connectivity index (χ0n) is 51.7. The van der Waals surface area contributed by atoms with Crippen LogP contribution in [0.15, 0.2) is 172 Å². The van der Waals surface area contributed by atoms with Crippen LogP contribution in [-0.2, 0) is 63.7 Å². The maximum atomic E-state index is 13.4. The van der Waals surface area contributed by atoms with Gasteiger partial charge in [-0.25, -0.2) is 40.2 Å². The Bertz CT molecular complexity index is 4480. The van der Waals surface area contributed by atoms with Gasteiger partial charge in [0, 0.05) is 118 Å². The highest BCUT2D eigenvalue weighted by molar-refractivity contribution is 7.93. The molecule has 6 aliphatic heterocycles. The second kappa shape index (κ2) is 28.1. The smallest absolute Gasteiger partial charge is 0.263 e. The molecule has 0 radical (unpaired) electrons. The summed E-state index contributed by atoms with van der Waals surface area (Å²) in [5.74, 6) is 0.123. The van der Waals surface area contributed by atoms with Crippen molar-refractivity contribution in [3.05, 3.63) is 189 Å². The molecule has 0 spiro atoms. The number of nitrogens with zero attached hydrogens (tertiary/aromatic N) is 10. The number of sulfonamides is 3. The fraction of sp³-hybridized carbons (Fsp3) is 0.288. The number of rotatable bonds is 15.